The van der Waals surface area contributed by atoms with Gasteiger partial charge in [0.25, 0.3) is 0 Å². The lowest BCUT2D eigenvalue weighted by Gasteiger charge is -2.04. The van der Waals surface area contributed by atoms with Crippen LogP contribution in [0.1, 0.15) is 21.5 Å². The van der Waals surface area contributed by atoms with E-state index in [1.165, 1.54) is 18.2 Å². The van der Waals surface area contributed by atoms with Crippen LogP contribution in [0.3, 0.4) is 0 Å². The normalized spacial score (nSPS) is 10.5. The van der Waals surface area contributed by atoms with Crippen LogP contribution in [0.25, 0.3) is 0 Å². The summed E-state index contributed by atoms with van der Waals surface area (Å²) in [6, 6.07) is 8.62. The van der Waals surface area contributed by atoms with Crippen molar-refractivity contribution in [3.63, 3.8) is 0 Å². The van der Waals surface area contributed by atoms with Crippen LogP contribution in [-0.4, -0.2) is 5.78 Å². The molecule has 0 aliphatic carbocycles. The fourth-order valence-corrected chi connectivity index (χ4v) is 2.26. The number of ketones is 1. The minimum absolute atomic E-state index is 0.113. The number of carbonyl (C=O) groups excluding carboxylic acids is 1. The second kappa shape index (κ2) is 5.61. The van der Waals surface area contributed by atoms with Crippen LogP contribution in [0.5, 0.6) is 0 Å². The van der Waals surface area contributed by atoms with Crippen LogP contribution in [0, 0.1) is 18.6 Å². The molecule has 0 saturated carbocycles. The number of Topliss-reactive ketones (excluding diaryl/α,β-unsaturated/α-hetero) is 1. The molecule has 4 heteroatoms. The first-order valence-electron chi connectivity index (χ1n) is 5.70. The minimum Gasteiger partial charge on any atom is -0.294 e. The lowest BCUT2D eigenvalue weighted by Crippen LogP contribution is -2.04. The van der Waals surface area contributed by atoms with Crippen LogP contribution in [0.2, 0.25) is 0 Å². The molecule has 0 radical (unpaired) electrons. The van der Waals surface area contributed by atoms with Gasteiger partial charge >= 0.3 is 0 Å². The van der Waals surface area contributed by atoms with E-state index in [1.807, 2.05) is 0 Å². The van der Waals surface area contributed by atoms with Crippen molar-refractivity contribution in [1.82, 2.24) is 0 Å². The van der Waals surface area contributed by atoms with E-state index in [0.717, 1.165) is 0 Å². The third-order valence-corrected chi connectivity index (χ3v) is 3.32. The Labute approximate surface area is 118 Å². The topological polar surface area (TPSA) is 17.1 Å². The van der Waals surface area contributed by atoms with Gasteiger partial charge in [-0.15, -0.1) is 0 Å². The van der Waals surface area contributed by atoms with E-state index >= 15 is 0 Å². The van der Waals surface area contributed by atoms with E-state index < -0.39 is 5.82 Å². The SMILES string of the molecule is Cc1cc(F)cc(C(=O)Cc2ccc(F)c(Br)c2)c1. The predicted octanol–water partition coefficient (Wildman–Crippen LogP) is 4.46. The van der Waals surface area contributed by atoms with Crippen LogP contribution in [0.4, 0.5) is 8.78 Å². The van der Waals surface area contributed by atoms with E-state index in [4.69, 9.17) is 0 Å². The molecule has 2 aromatic carbocycles. The van der Waals surface area contributed by atoms with Crippen molar-refractivity contribution < 1.29 is 13.6 Å². The molecular weight excluding hydrogens is 314 g/mol. The lowest BCUT2D eigenvalue weighted by atomic mass is 10.0. The quantitative estimate of drug-likeness (QED) is 0.762. The number of hydrogen-bond acceptors (Lipinski definition) is 1. The molecule has 2 aromatic rings. The third-order valence-electron chi connectivity index (χ3n) is 2.71. The van der Waals surface area contributed by atoms with E-state index in [9.17, 15) is 13.6 Å². The highest BCUT2D eigenvalue weighted by Gasteiger charge is 2.10. The van der Waals surface area contributed by atoms with Gasteiger partial charge in [0.2, 0.25) is 0 Å². The molecule has 0 aliphatic rings. The molecule has 0 aliphatic heterocycles. The maximum atomic E-state index is 13.2. The van der Waals surface area contributed by atoms with E-state index in [0.29, 0.717) is 21.2 Å². The van der Waals surface area contributed by atoms with Gasteiger partial charge in [-0.25, -0.2) is 8.78 Å². The van der Waals surface area contributed by atoms with E-state index in [2.05, 4.69) is 15.9 Å². The second-order valence-electron chi connectivity index (χ2n) is 4.37. The number of hydrogen-bond donors (Lipinski definition) is 0. The van der Waals surface area contributed by atoms with Gasteiger partial charge in [-0.05, 0) is 64.3 Å². The third kappa shape index (κ3) is 3.47. The highest BCUT2D eigenvalue weighted by atomic mass is 79.9. The molecular formula is C15H11BrF2O. The molecule has 1 nitrogen and oxygen atoms in total. The minimum atomic E-state index is -0.427. The number of halogens is 3. The Morgan fingerprint density at radius 3 is 2.53 bits per heavy atom. The standard InChI is InChI=1S/C15H11BrF2O/c1-9-4-11(8-12(17)5-9)15(19)7-10-2-3-14(18)13(16)6-10/h2-6,8H,7H2,1H3. The largest absolute Gasteiger partial charge is 0.294 e. The predicted molar refractivity (Wildman–Crippen MR) is 73.3 cm³/mol. The zero-order chi connectivity index (χ0) is 14.0. The number of aryl methyl sites for hydroxylation is 1. The van der Waals surface area contributed by atoms with Crippen LogP contribution in [0.15, 0.2) is 40.9 Å². The van der Waals surface area contributed by atoms with Gasteiger partial charge in [0.15, 0.2) is 5.78 Å². The first-order valence-corrected chi connectivity index (χ1v) is 6.49. The molecule has 0 spiro atoms. The summed E-state index contributed by atoms with van der Waals surface area (Å²) in [5.74, 6) is -0.998. The fourth-order valence-electron chi connectivity index (χ4n) is 1.83. The lowest BCUT2D eigenvalue weighted by molar-refractivity contribution is 0.0992. The summed E-state index contributed by atoms with van der Waals surface area (Å²) in [6.07, 6.45) is 0.113. The molecule has 0 aromatic heterocycles. The summed E-state index contributed by atoms with van der Waals surface area (Å²) in [5, 5.41) is 0. The fraction of sp³-hybridized carbons (Fsp3) is 0.133. The van der Waals surface area contributed by atoms with Crippen LogP contribution >= 0.6 is 15.9 Å². The van der Waals surface area contributed by atoms with Crippen LogP contribution < -0.4 is 0 Å². The van der Waals surface area contributed by atoms with Crippen molar-refractivity contribution in [3.8, 4) is 0 Å². The van der Waals surface area contributed by atoms with E-state index in [1.54, 1.807) is 25.1 Å². The molecule has 0 bridgehead atoms. The molecule has 0 atom stereocenters. The second-order valence-corrected chi connectivity index (χ2v) is 5.22. The Morgan fingerprint density at radius 2 is 1.89 bits per heavy atom. The summed E-state index contributed by atoms with van der Waals surface area (Å²) in [4.78, 5) is 12.0. The van der Waals surface area contributed by atoms with Crippen molar-refractivity contribution in [2.75, 3.05) is 0 Å². The summed E-state index contributed by atoms with van der Waals surface area (Å²) >= 11 is 3.07. The number of benzene rings is 2. The van der Waals surface area contributed by atoms with Crippen LogP contribution in [-0.2, 0) is 6.42 Å². The number of carbonyl (C=O) groups is 1. The van der Waals surface area contributed by atoms with Crippen molar-refractivity contribution >= 4 is 21.7 Å². The van der Waals surface area contributed by atoms with E-state index in [-0.39, 0.29) is 18.0 Å². The molecule has 98 valence electrons. The van der Waals surface area contributed by atoms with Crippen molar-refractivity contribution in [3.05, 3.63) is 69.2 Å². The Balaban J connectivity index is 2.22. The first kappa shape index (κ1) is 13.9. The average Bonchev–Trinajstić information content (AvgIpc) is 2.32. The molecule has 0 unspecified atom stereocenters. The van der Waals surface area contributed by atoms with Gasteiger partial charge in [-0.3, -0.25) is 4.79 Å². The molecule has 0 N–H and O–H groups in total. The highest BCUT2D eigenvalue weighted by molar-refractivity contribution is 9.10. The summed E-state index contributed by atoms with van der Waals surface area (Å²) in [5.41, 5.74) is 1.71. The van der Waals surface area contributed by atoms with Gasteiger partial charge in [0, 0.05) is 12.0 Å². The molecule has 0 amide bonds. The Kier molecular flexibility index (Phi) is 4.10. The van der Waals surface area contributed by atoms with Crippen molar-refractivity contribution in [1.29, 1.82) is 0 Å². The zero-order valence-electron chi connectivity index (χ0n) is 10.2. The van der Waals surface area contributed by atoms with Gasteiger partial charge in [0.1, 0.15) is 11.6 Å². The Morgan fingerprint density at radius 1 is 1.16 bits per heavy atom. The first-order chi connectivity index (χ1) is 8.95. The maximum absolute atomic E-state index is 13.2. The zero-order valence-corrected chi connectivity index (χ0v) is 11.8. The number of rotatable bonds is 3. The van der Waals surface area contributed by atoms with Crippen molar-refractivity contribution in [2.24, 2.45) is 0 Å². The Bertz CT molecular complexity index is 618. The van der Waals surface area contributed by atoms with Gasteiger partial charge in [-0.1, -0.05) is 6.07 Å². The van der Waals surface area contributed by atoms with Gasteiger partial charge < -0.3 is 0 Å². The molecule has 0 saturated heterocycles. The van der Waals surface area contributed by atoms with Gasteiger partial charge in [-0.2, -0.15) is 0 Å². The molecule has 0 heterocycles. The highest BCUT2D eigenvalue weighted by Crippen LogP contribution is 2.18. The summed E-state index contributed by atoms with van der Waals surface area (Å²) < 4.78 is 26.6. The van der Waals surface area contributed by atoms with Gasteiger partial charge in [0.05, 0.1) is 4.47 Å². The molecule has 0 fully saturated rings. The maximum Gasteiger partial charge on any atom is 0.167 e. The average molecular weight is 325 g/mol. The monoisotopic (exact) mass is 324 g/mol. The molecule has 2 rings (SSSR count). The van der Waals surface area contributed by atoms with Crippen molar-refractivity contribution in [2.45, 2.75) is 13.3 Å². The summed E-state index contributed by atoms with van der Waals surface area (Å²) in [6.45, 7) is 1.73. The molecule has 19 heavy (non-hydrogen) atoms. The smallest absolute Gasteiger partial charge is 0.167 e. The Hall–Kier alpha value is -1.55. The summed E-state index contributed by atoms with van der Waals surface area (Å²) in [7, 11) is 0.